The van der Waals surface area contributed by atoms with Crippen molar-refractivity contribution in [1.29, 1.82) is 0 Å². The van der Waals surface area contributed by atoms with Gasteiger partial charge in [0.15, 0.2) is 0 Å². The van der Waals surface area contributed by atoms with Gasteiger partial charge in [-0.3, -0.25) is 0 Å². The third-order valence-corrected chi connectivity index (χ3v) is 9.22. The Bertz CT molecular complexity index is 1240. The van der Waals surface area contributed by atoms with Crippen LogP contribution in [0, 0.1) is 13.8 Å². The van der Waals surface area contributed by atoms with Gasteiger partial charge in [0.25, 0.3) is 0 Å². The van der Waals surface area contributed by atoms with Gasteiger partial charge in [0, 0.05) is 38.3 Å². The van der Waals surface area contributed by atoms with Crippen LogP contribution >= 0.6 is 45.3 Å². The molecule has 0 fully saturated rings. The summed E-state index contributed by atoms with van der Waals surface area (Å²) >= 11 is 7.62. The summed E-state index contributed by atoms with van der Waals surface area (Å²) in [6.07, 6.45) is 0. The van der Waals surface area contributed by atoms with Crippen molar-refractivity contribution in [2.24, 2.45) is 0 Å². The monoisotopic (exact) mass is 406 g/mol. The van der Waals surface area contributed by atoms with Crippen LogP contribution in [0.1, 0.15) is 9.75 Å². The van der Waals surface area contributed by atoms with Crippen molar-refractivity contribution in [1.82, 2.24) is 0 Å². The molecule has 0 nitrogen and oxygen atoms in total. The van der Waals surface area contributed by atoms with Crippen molar-refractivity contribution in [3.8, 4) is 9.75 Å². The molecule has 6 aromatic rings. The summed E-state index contributed by atoms with van der Waals surface area (Å²) in [5.41, 5.74) is 0. The lowest BCUT2D eigenvalue weighted by Crippen LogP contribution is -1.63. The van der Waals surface area contributed by atoms with Crippen molar-refractivity contribution in [3.63, 3.8) is 0 Å². The Kier molecular flexibility index (Phi) is 3.19. The summed E-state index contributed by atoms with van der Waals surface area (Å²) < 4.78 is 5.58. The predicted octanol–water partition coefficient (Wildman–Crippen LogP) is 8.83. The average Bonchev–Trinajstić information content (AvgIpc) is 3.31. The van der Waals surface area contributed by atoms with Gasteiger partial charge in [-0.15, -0.1) is 45.3 Å². The Morgan fingerprint density at radius 3 is 1.27 bits per heavy atom. The standard InChI is InChI=1S/C22H14S4/c1-11-3-13-5-15-7-21(25-19(15)9-17(13)23-11)22-8-16-6-14-4-12(2)24-18(14)10-20(16)26-22/h3-10H,1-2H3. The molecule has 4 heteroatoms. The minimum absolute atomic E-state index is 1.37. The van der Waals surface area contributed by atoms with Gasteiger partial charge < -0.3 is 0 Å². The molecule has 0 N–H and O–H groups in total. The Hall–Kier alpha value is -1.72. The number of aryl methyl sites for hydroxylation is 2. The molecule has 26 heavy (non-hydrogen) atoms. The molecular weight excluding hydrogens is 393 g/mol. The first-order chi connectivity index (χ1) is 12.6. The Morgan fingerprint density at radius 2 is 0.808 bits per heavy atom. The second kappa shape index (κ2) is 5.40. The Morgan fingerprint density at radius 1 is 0.423 bits per heavy atom. The average molecular weight is 407 g/mol. The molecule has 0 bridgehead atoms. The minimum Gasteiger partial charge on any atom is -0.141 e. The molecule has 0 radical (unpaired) electrons. The third kappa shape index (κ3) is 2.30. The zero-order chi connectivity index (χ0) is 17.4. The van der Waals surface area contributed by atoms with E-state index in [9.17, 15) is 0 Å². The van der Waals surface area contributed by atoms with E-state index in [4.69, 9.17) is 0 Å². The first-order valence-corrected chi connectivity index (χ1v) is 11.8. The van der Waals surface area contributed by atoms with Crippen LogP contribution in [0.3, 0.4) is 0 Å². The fourth-order valence-corrected chi connectivity index (χ4v) is 7.94. The molecule has 0 aliphatic heterocycles. The summed E-state index contributed by atoms with van der Waals surface area (Å²) in [6.45, 7) is 4.38. The molecule has 0 atom stereocenters. The van der Waals surface area contributed by atoms with E-state index in [1.54, 1.807) is 0 Å². The van der Waals surface area contributed by atoms with Crippen molar-refractivity contribution in [2.75, 3.05) is 0 Å². The highest BCUT2D eigenvalue weighted by Crippen LogP contribution is 2.43. The van der Waals surface area contributed by atoms with Crippen molar-refractivity contribution in [3.05, 3.63) is 58.3 Å². The van der Waals surface area contributed by atoms with Gasteiger partial charge in [0.2, 0.25) is 0 Å². The quantitative estimate of drug-likeness (QED) is 0.256. The number of hydrogen-bond donors (Lipinski definition) is 0. The first-order valence-electron chi connectivity index (χ1n) is 8.50. The van der Waals surface area contributed by atoms with Gasteiger partial charge in [0.1, 0.15) is 0 Å². The largest absolute Gasteiger partial charge is 0.141 e. The van der Waals surface area contributed by atoms with Crippen LogP contribution in [-0.4, -0.2) is 0 Å². The SMILES string of the molecule is Cc1cc2cc3cc(-c4cc5cc6cc(C)sc6cc5s4)sc3cc2s1. The lowest BCUT2D eigenvalue weighted by atomic mass is 10.2. The third-order valence-electron chi connectivity index (χ3n) is 4.80. The van der Waals surface area contributed by atoms with E-state index in [2.05, 4.69) is 62.4 Å². The molecule has 126 valence electrons. The first kappa shape index (κ1) is 15.3. The van der Waals surface area contributed by atoms with Crippen molar-refractivity contribution >= 4 is 85.7 Å². The number of rotatable bonds is 1. The normalized spacial score (nSPS) is 12.2. The van der Waals surface area contributed by atoms with E-state index in [1.807, 2.05) is 45.3 Å². The van der Waals surface area contributed by atoms with E-state index in [-0.39, 0.29) is 0 Å². The summed E-state index contributed by atoms with van der Waals surface area (Å²) in [6, 6.07) is 18.7. The number of thiophene rings is 4. The minimum atomic E-state index is 1.37. The molecule has 0 spiro atoms. The molecule has 0 saturated carbocycles. The van der Waals surface area contributed by atoms with Crippen LogP contribution < -0.4 is 0 Å². The molecule has 6 rings (SSSR count). The van der Waals surface area contributed by atoms with Crippen LogP contribution in [-0.2, 0) is 0 Å². The maximum atomic E-state index is 2.36. The predicted molar refractivity (Wildman–Crippen MR) is 123 cm³/mol. The van der Waals surface area contributed by atoms with E-state index >= 15 is 0 Å². The summed E-state index contributed by atoms with van der Waals surface area (Å²) in [4.78, 5) is 5.54. The maximum absolute atomic E-state index is 2.36. The van der Waals surface area contributed by atoms with E-state index in [0.29, 0.717) is 0 Å². The van der Waals surface area contributed by atoms with Gasteiger partial charge >= 0.3 is 0 Å². The van der Waals surface area contributed by atoms with Crippen LogP contribution in [0.15, 0.2) is 48.5 Å². The van der Waals surface area contributed by atoms with E-state index in [0.717, 1.165) is 0 Å². The van der Waals surface area contributed by atoms with Crippen LogP contribution in [0.4, 0.5) is 0 Å². The Labute approximate surface area is 167 Å². The van der Waals surface area contributed by atoms with Crippen LogP contribution in [0.25, 0.3) is 50.1 Å². The van der Waals surface area contributed by atoms with E-state index < -0.39 is 0 Å². The smallest absolute Gasteiger partial charge is 0.0455 e. The number of benzene rings is 2. The zero-order valence-corrected chi connectivity index (χ0v) is 17.5. The highest BCUT2D eigenvalue weighted by atomic mass is 32.1. The molecule has 0 aliphatic rings. The zero-order valence-electron chi connectivity index (χ0n) is 14.3. The molecule has 2 aromatic carbocycles. The molecule has 4 aromatic heterocycles. The lowest BCUT2D eigenvalue weighted by Gasteiger charge is -1.89. The molecular formula is C22H14S4. The maximum Gasteiger partial charge on any atom is 0.0455 e. The second-order valence-corrected chi connectivity index (χ2v) is 11.5. The molecule has 0 saturated heterocycles. The number of fused-ring (bicyclic) bond motifs is 4. The van der Waals surface area contributed by atoms with Crippen molar-refractivity contribution < 1.29 is 0 Å². The fraction of sp³-hybridized carbons (Fsp3) is 0.0909. The summed E-state index contributed by atoms with van der Waals surface area (Å²) in [5, 5.41) is 5.47. The van der Waals surface area contributed by atoms with Crippen molar-refractivity contribution in [2.45, 2.75) is 13.8 Å². The van der Waals surface area contributed by atoms with Gasteiger partial charge in [-0.2, -0.15) is 0 Å². The molecule has 0 amide bonds. The van der Waals surface area contributed by atoms with Crippen LogP contribution in [0.2, 0.25) is 0 Å². The van der Waals surface area contributed by atoms with Gasteiger partial charge in [-0.05, 0) is 83.9 Å². The highest BCUT2D eigenvalue weighted by Gasteiger charge is 2.11. The highest BCUT2D eigenvalue weighted by molar-refractivity contribution is 7.29. The number of hydrogen-bond acceptors (Lipinski definition) is 4. The van der Waals surface area contributed by atoms with Crippen LogP contribution in [0.5, 0.6) is 0 Å². The molecule has 0 aliphatic carbocycles. The summed E-state index contributed by atoms with van der Waals surface area (Å²) in [7, 11) is 0. The fourth-order valence-electron chi connectivity index (χ4n) is 3.66. The van der Waals surface area contributed by atoms with Gasteiger partial charge in [-0.1, -0.05) is 0 Å². The van der Waals surface area contributed by atoms with Gasteiger partial charge in [-0.25, -0.2) is 0 Å². The van der Waals surface area contributed by atoms with E-state index in [1.165, 1.54) is 59.9 Å². The second-order valence-electron chi connectivity index (χ2n) is 6.79. The topological polar surface area (TPSA) is 0 Å². The lowest BCUT2D eigenvalue weighted by molar-refractivity contribution is 1.66. The summed E-state index contributed by atoms with van der Waals surface area (Å²) in [5.74, 6) is 0. The molecule has 4 heterocycles. The van der Waals surface area contributed by atoms with Gasteiger partial charge in [0.05, 0.1) is 0 Å². The molecule has 0 unspecified atom stereocenters. The Balaban J connectivity index is 1.54.